The second-order valence-electron chi connectivity index (χ2n) is 4.99. The van der Waals surface area contributed by atoms with E-state index in [2.05, 4.69) is 17.6 Å². The minimum Gasteiger partial charge on any atom is -0.313 e. The number of rotatable bonds is 8. The Morgan fingerprint density at radius 1 is 1.18 bits per heavy atom. The minimum atomic E-state index is 0.264. The van der Waals surface area contributed by atoms with Gasteiger partial charge in [0.1, 0.15) is 0 Å². The zero-order valence-corrected chi connectivity index (χ0v) is 11.9. The van der Waals surface area contributed by atoms with E-state index in [9.17, 15) is 0 Å². The molecule has 1 aliphatic rings. The van der Waals surface area contributed by atoms with E-state index in [-0.39, 0.29) is 5.92 Å². The highest BCUT2D eigenvalue weighted by atomic mass is 32.2. The van der Waals surface area contributed by atoms with Gasteiger partial charge in [0.2, 0.25) is 0 Å². The molecule has 3 heteroatoms. The summed E-state index contributed by atoms with van der Waals surface area (Å²) in [6, 6.07) is 2.93. The van der Waals surface area contributed by atoms with Gasteiger partial charge >= 0.3 is 0 Å². The maximum absolute atomic E-state index is 9.07. The first-order valence-corrected chi connectivity index (χ1v) is 8.40. The number of hydrogen-bond donors (Lipinski definition) is 1. The van der Waals surface area contributed by atoms with E-state index in [1.165, 1.54) is 50.7 Å². The van der Waals surface area contributed by atoms with Crippen molar-refractivity contribution in [2.24, 2.45) is 5.92 Å². The zero-order valence-electron chi connectivity index (χ0n) is 11.1. The molecule has 1 saturated carbocycles. The van der Waals surface area contributed by atoms with Crippen LogP contribution >= 0.6 is 11.8 Å². The van der Waals surface area contributed by atoms with Crippen molar-refractivity contribution in [1.82, 2.24) is 5.32 Å². The highest BCUT2D eigenvalue weighted by Crippen LogP contribution is 2.23. The molecule has 0 aromatic rings. The van der Waals surface area contributed by atoms with Crippen molar-refractivity contribution in [3.05, 3.63) is 0 Å². The van der Waals surface area contributed by atoms with Crippen molar-refractivity contribution in [2.45, 2.75) is 57.4 Å². The molecule has 0 spiro atoms. The number of nitrogens with zero attached hydrogens (tertiary/aromatic N) is 1. The first-order chi connectivity index (χ1) is 8.38. The van der Waals surface area contributed by atoms with Gasteiger partial charge in [0.05, 0.1) is 12.0 Å². The average Bonchev–Trinajstić information content (AvgIpc) is 2.38. The summed E-state index contributed by atoms with van der Waals surface area (Å²) >= 11 is 1.94. The lowest BCUT2D eigenvalue weighted by molar-refractivity contribution is 0.311. The van der Waals surface area contributed by atoms with Gasteiger partial charge < -0.3 is 5.32 Å². The van der Waals surface area contributed by atoms with Crippen LogP contribution in [-0.4, -0.2) is 24.6 Å². The minimum absolute atomic E-state index is 0.264. The Hall–Kier alpha value is -0.200. The summed E-state index contributed by atoms with van der Waals surface area (Å²) < 4.78 is 0. The Balaban J connectivity index is 1.99. The summed E-state index contributed by atoms with van der Waals surface area (Å²) in [6.07, 6.45) is 12.3. The van der Waals surface area contributed by atoms with Crippen molar-refractivity contribution >= 4 is 11.8 Å². The Morgan fingerprint density at radius 2 is 1.94 bits per heavy atom. The maximum atomic E-state index is 9.07. The molecule has 2 nitrogen and oxygen atoms in total. The van der Waals surface area contributed by atoms with E-state index >= 15 is 0 Å². The summed E-state index contributed by atoms with van der Waals surface area (Å²) in [6.45, 7) is 1.10. The number of nitrogens with one attached hydrogen (secondary N) is 1. The Bertz CT molecular complexity index is 225. The predicted molar refractivity (Wildman–Crippen MR) is 76.2 cm³/mol. The van der Waals surface area contributed by atoms with E-state index < -0.39 is 0 Å². The van der Waals surface area contributed by atoms with Crippen LogP contribution in [-0.2, 0) is 0 Å². The summed E-state index contributed by atoms with van der Waals surface area (Å²) in [5.41, 5.74) is 0. The van der Waals surface area contributed by atoms with Gasteiger partial charge in [-0.05, 0) is 44.2 Å². The fraction of sp³-hybridized carbons (Fsp3) is 0.929. The first kappa shape index (κ1) is 14.9. The molecule has 2 atom stereocenters. The van der Waals surface area contributed by atoms with Crippen molar-refractivity contribution in [3.8, 4) is 6.07 Å². The fourth-order valence-corrected chi connectivity index (χ4v) is 3.03. The standard InChI is InChI=1S/C14H26N2S/c1-17-11-7-3-2-6-10-16-14-9-5-4-8-13(14)12-15/h13-14,16H,2-11H2,1H3. The molecule has 0 bridgehead atoms. The quantitative estimate of drug-likeness (QED) is 0.673. The Labute approximate surface area is 111 Å². The number of unbranched alkanes of at least 4 members (excludes halogenated alkanes) is 3. The normalized spacial score (nSPS) is 24.5. The van der Waals surface area contributed by atoms with Gasteiger partial charge in [-0.2, -0.15) is 17.0 Å². The molecule has 0 radical (unpaired) electrons. The Morgan fingerprint density at radius 3 is 2.71 bits per heavy atom. The largest absolute Gasteiger partial charge is 0.313 e. The number of hydrogen-bond acceptors (Lipinski definition) is 3. The van der Waals surface area contributed by atoms with E-state index in [4.69, 9.17) is 5.26 Å². The molecule has 1 fully saturated rings. The van der Waals surface area contributed by atoms with Crippen molar-refractivity contribution in [1.29, 1.82) is 5.26 Å². The van der Waals surface area contributed by atoms with Crippen LogP contribution in [0.2, 0.25) is 0 Å². The van der Waals surface area contributed by atoms with Gasteiger partial charge in [0.15, 0.2) is 0 Å². The van der Waals surface area contributed by atoms with Crippen LogP contribution in [0.3, 0.4) is 0 Å². The van der Waals surface area contributed by atoms with Crippen LogP contribution in [0, 0.1) is 17.2 Å². The van der Waals surface area contributed by atoms with Crippen LogP contribution in [0.15, 0.2) is 0 Å². The van der Waals surface area contributed by atoms with Gasteiger partial charge in [-0.25, -0.2) is 0 Å². The third-order valence-corrected chi connectivity index (χ3v) is 4.31. The van der Waals surface area contributed by atoms with Crippen LogP contribution in [0.25, 0.3) is 0 Å². The molecule has 98 valence electrons. The third kappa shape index (κ3) is 6.33. The molecular weight excluding hydrogens is 228 g/mol. The summed E-state index contributed by atoms with van der Waals surface area (Å²) in [4.78, 5) is 0. The third-order valence-electron chi connectivity index (χ3n) is 3.61. The molecule has 1 aliphatic carbocycles. The summed E-state index contributed by atoms with van der Waals surface area (Å²) in [5, 5.41) is 12.7. The second kappa shape index (κ2) is 9.79. The lowest BCUT2D eigenvalue weighted by Gasteiger charge is -2.27. The molecule has 0 amide bonds. The molecule has 1 rings (SSSR count). The van der Waals surface area contributed by atoms with Gasteiger partial charge in [-0.15, -0.1) is 0 Å². The highest BCUT2D eigenvalue weighted by molar-refractivity contribution is 7.98. The Kier molecular flexibility index (Phi) is 8.56. The fourth-order valence-electron chi connectivity index (χ4n) is 2.54. The van der Waals surface area contributed by atoms with Crippen LogP contribution in [0.1, 0.15) is 51.4 Å². The molecule has 2 unspecified atom stereocenters. The predicted octanol–water partition coefficient (Wildman–Crippen LogP) is 3.58. The number of thioether (sulfide) groups is 1. The van der Waals surface area contributed by atoms with Gasteiger partial charge in [0, 0.05) is 6.04 Å². The van der Waals surface area contributed by atoms with Crippen LogP contribution in [0.4, 0.5) is 0 Å². The maximum Gasteiger partial charge on any atom is 0.0672 e. The summed E-state index contributed by atoms with van der Waals surface area (Å²) in [7, 11) is 0. The summed E-state index contributed by atoms with van der Waals surface area (Å²) in [5.74, 6) is 1.56. The van der Waals surface area contributed by atoms with Crippen molar-refractivity contribution in [3.63, 3.8) is 0 Å². The first-order valence-electron chi connectivity index (χ1n) is 7.00. The van der Waals surface area contributed by atoms with Crippen LogP contribution < -0.4 is 5.32 Å². The molecule has 0 saturated heterocycles. The molecule has 0 aromatic carbocycles. The van der Waals surface area contributed by atoms with Gasteiger partial charge in [-0.3, -0.25) is 0 Å². The molecule has 0 aromatic heterocycles. The number of nitriles is 1. The van der Waals surface area contributed by atoms with Crippen molar-refractivity contribution < 1.29 is 0 Å². The van der Waals surface area contributed by atoms with Crippen molar-refractivity contribution in [2.75, 3.05) is 18.6 Å². The molecule has 0 heterocycles. The zero-order chi connectivity index (χ0) is 12.3. The van der Waals surface area contributed by atoms with Crippen LogP contribution in [0.5, 0.6) is 0 Å². The van der Waals surface area contributed by atoms with Gasteiger partial charge in [-0.1, -0.05) is 25.7 Å². The SMILES string of the molecule is CSCCCCCCNC1CCCCC1C#N. The van der Waals surface area contributed by atoms with E-state index in [1.54, 1.807) is 0 Å². The van der Waals surface area contributed by atoms with E-state index in [1.807, 2.05) is 11.8 Å². The lowest BCUT2D eigenvalue weighted by Crippen LogP contribution is -2.38. The lowest BCUT2D eigenvalue weighted by atomic mass is 9.85. The smallest absolute Gasteiger partial charge is 0.0672 e. The average molecular weight is 254 g/mol. The second-order valence-corrected chi connectivity index (χ2v) is 5.97. The topological polar surface area (TPSA) is 35.8 Å². The highest BCUT2D eigenvalue weighted by Gasteiger charge is 2.23. The molecule has 17 heavy (non-hydrogen) atoms. The van der Waals surface area contributed by atoms with E-state index in [0.717, 1.165) is 13.0 Å². The monoisotopic (exact) mass is 254 g/mol. The van der Waals surface area contributed by atoms with E-state index in [0.29, 0.717) is 6.04 Å². The molecule has 1 N–H and O–H groups in total. The molecule has 0 aliphatic heterocycles. The molecular formula is C14H26N2S. The van der Waals surface area contributed by atoms with Gasteiger partial charge in [0.25, 0.3) is 0 Å².